The van der Waals surface area contributed by atoms with E-state index in [0.717, 1.165) is 38.6 Å². The van der Waals surface area contributed by atoms with E-state index in [2.05, 4.69) is 49.1 Å². The van der Waals surface area contributed by atoms with Crippen molar-refractivity contribution in [2.24, 2.45) is 0 Å². The largest absolute Gasteiger partial charge is 0.490 e. The highest BCUT2D eigenvalue weighted by Crippen LogP contribution is 2.19. The number of hydrogen-bond acceptors (Lipinski definition) is 3. The molecular weight excluding hydrogens is 250 g/mol. The third-order valence-electron chi connectivity index (χ3n) is 3.50. The molecule has 0 aromatic heterocycles. The molecule has 0 spiro atoms. The topological polar surface area (TPSA) is 21.7 Å². The van der Waals surface area contributed by atoms with Crippen LogP contribution < -0.4 is 4.74 Å². The Bertz CT molecular complexity index is 423. The molecule has 3 nitrogen and oxygen atoms in total. The molecule has 1 heterocycles. The van der Waals surface area contributed by atoms with Crippen LogP contribution in [0.25, 0.3) is 0 Å². The van der Waals surface area contributed by atoms with Crippen LogP contribution in [0, 0.1) is 0 Å². The first-order valence-electron chi connectivity index (χ1n) is 7.43. The molecule has 20 heavy (non-hydrogen) atoms. The Labute approximate surface area is 122 Å². The Morgan fingerprint density at radius 1 is 1.25 bits per heavy atom. The summed E-state index contributed by atoms with van der Waals surface area (Å²) in [6.07, 6.45) is 4.27. The van der Waals surface area contributed by atoms with Crippen LogP contribution in [-0.4, -0.2) is 44.4 Å². The highest BCUT2D eigenvalue weighted by molar-refractivity contribution is 5.30. The van der Waals surface area contributed by atoms with Crippen molar-refractivity contribution in [3.63, 3.8) is 0 Å². The molecule has 1 aromatic rings. The van der Waals surface area contributed by atoms with Gasteiger partial charge >= 0.3 is 0 Å². The zero-order valence-electron chi connectivity index (χ0n) is 12.5. The minimum Gasteiger partial charge on any atom is -0.490 e. The lowest BCUT2D eigenvalue weighted by molar-refractivity contribution is 0.0434. The molecule has 1 aromatic carbocycles. The monoisotopic (exact) mass is 275 g/mol. The van der Waals surface area contributed by atoms with Gasteiger partial charge in [0, 0.05) is 19.6 Å². The molecule has 0 N–H and O–H groups in total. The summed E-state index contributed by atoms with van der Waals surface area (Å²) in [5.41, 5.74) is 1.32. The van der Waals surface area contributed by atoms with E-state index in [1.807, 2.05) is 6.07 Å². The predicted molar refractivity (Wildman–Crippen MR) is 82.4 cm³/mol. The Balaban J connectivity index is 1.70. The van der Waals surface area contributed by atoms with Crippen LogP contribution in [0.3, 0.4) is 0 Å². The molecule has 1 saturated heterocycles. The average Bonchev–Trinajstić information content (AvgIpc) is 2.48. The molecule has 1 aliphatic heterocycles. The Morgan fingerprint density at radius 2 is 2.05 bits per heavy atom. The zero-order valence-corrected chi connectivity index (χ0v) is 12.5. The third-order valence-corrected chi connectivity index (χ3v) is 3.50. The molecule has 2 rings (SSSR count). The second-order valence-corrected chi connectivity index (χ2v) is 5.42. The molecule has 0 saturated carbocycles. The number of nitrogens with zero attached hydrogens (tertiary/aromatic N) is 1. The maximum absolute atomic E-state index is 5.76. The summed E-state index contributed by atoms with van der Waals surface area (Å²) in [7, 11) is 0. The summed E-state index contributed by atoms with van der Waals surface area (Å²) in [6, 6.07) is 8.34. The van der Waals surface area contributed by atoms with Crippen LogP contribution in [-0.2, 0) is 4.74 Å². The van der Waals surface area contributed by atoms with Crippen LogP contribution in [0.2, 0.25) is 0 Å². The lowest BCUT2D eigenvalue weighted by atomic mass is 10.0. The molecule has 0 bridgehead atoms. The first-order chi connectivity index (χ1) is 9.75. The van der Waals surface area contributed by atoms with E-state index in [0.29, 0.717) is 12.5 Å². The second-order valence-electron chi connectivity index (χ2n) is 5.42. The van der Waals surface area contributed by atoms with Gasteiger partial charge in [-0.25, -0.2) is 0 Å². The second kappa shape index (κ2) is 8.08. The highest BCUT2D eigenvalue weighted by atomic mass is 16.5. The maximum Gasteiger partial charge on any atom is 0.120 e. The quantitative estimate of drug-likeness (QED) is 0.745. The van der Waals surface area contributed by atoms with Crippen LogP contribution in [0.5, 0.6) is 5.75 Å². The number of morpholine rings is 1. The normalized spacial score (nSPS) is 16.9. The Morgan fingerprint density at radius 3 is 2.80 bits per heavy atom. The van der Waals surface area contributed by atoms with Crippen LogP contribution in [0.15, 0.2) is 36.4 Å². The summed E-state index contributed by atoms with van der Waals surface area (Å²) >= 11 is 0. The van der Waals surface area contributed by atoms with Crippen LogP contribution in [0.4, 0.5) is 0 Å². The first kappa shape index (κ1) is 15.1. The van der Waals surface area contributed by atoms with Gasteiger partial charge in [0.05, 0.1) is 13.2 Å². The summed E-state index contributed by atoms with van der Waals surface area (Å²) in [4.78, 5) is 2.39. The van der Waals surface area contributed by atoms with Gasteiger partial charge in [-0.15, -0.1) is 0 Å². The molecule has 110 valence electrons. The summed E-state index contributed by atoms with van der Waals surface area (Å²) in [5.74, 6) is 1.49. The van der Waals surface area contributed by atoms with Gasteiger partial charge in [0.1, 0.15) is 12.4 Å². The lowest BCUT2D eigenvalue weighted by Gasteiger charge is -2.25. The van der Waals surface area contributed by atoms with E-state index in [1.54, 1.807) is 0 Å². The fourth-order valence-electron chi connectivity index (χ4n) is 2.18. The van der Waals surface area contributed by atoms with E-state index in [-0.39, 0.29) is 0 Å². The fraction of sp³-hybridized carbons (Fsp3) is 0.529. The molecule has 0 unspecified atom stereocenters. The summed E-state index contributed by atoms with van der Waals surface area (Å²) in [5, 5.41) is 0. The third kappa shape index (κ3) is 4.99. The minimum absolute atomic E-state index is 0.537. The predicted octanol–water partition coefficient (Wildman–Crippen LogP) is 3.08. The van der Waals surface area contributed by atoms with Gasteiger partial charge in [0.15, 0.2) is 0 Å². The molecular formula is C17H25NO2. The highest BCUT2D eigenvalue weighted by Gasteiger charge is 2.07. The maximum atomic E-state index is 5.76. The zero-order chi connectivity index (χ0) is 14.2. The van der Waals surface area contributed by atoms with Crippen LogP contribution >= 0.6 is 0 Å². The van der Waals surface area contributed by atoms with E-state index in [9.17, 15) is 0 Å². The number of benzene rings is 1. The van der Waals surface area contributed by atoms with Crippen molar-refractivity contribution in [3.8, 4) is 5.75 Å². The standard InChI is InChI=1S/C17H25NO2/c1-15(2)16-6-5-7-17(14-16)20-11-4-3-8-18-9-12-19-13-10-18/h3-7,14-15H,8-13H2,1-2H3. The molecule has 0 radical (unpaired) electrons. The van der Waals surface area contributed by atoms with E-state index in [1.165, 1.54) is 5.56 Å². The molecule has 0 amide bonds. The van der Waals surface area contributed by atoms with Gasteiger partial charge in [-0.05, 0) is 23.6 Å². The van der Waals surface area contributed by atoms with Gasteiger partial charge in [0.2, 0.25) is 0 Å². The Kier molecular flexibility index (Phi) is 6.09. The van der Waals surface area contributed by atoms with Crippen molar-refractivity contribution in [2.45, 2.75) is 19.8 Å². The molecule has 1 aliphatic rings. The van der Waals surface area contributed by atoms with Gasteiger partial charge in [0.25, 0.3) is 0 Å². The number of ether oxygens (including phenoxy) is 2. The minimum atomic E-state index is 0.537. The van der Waals surface area contributed by atoms with Crippen molar-refractivity contribution in [2.75, 3.05) is 39.5 Å². The summed E-state index contributed by atoms with van der Waals surface area (Å²) in [6.45, 7) is 9.77. The first-order valence-corrected chi connectivity index (χ1v) is 7.43. The molecule has 0 aliphatic carbocycles. The number of hydrogen-bond donors (Lipinski definition) is 0. The van der Waals surface area contributed by atoms with Crippen molar-refractivity contribution < 1.29 is 9.47 Å². The van der Waals surface area contributed by atoms with Gasteiger partial charge < -0.3 is 9.47 Å². The van der Waals surface area contributed by atoms with Crippen molar-refractivity contribution in [3.05, 3.63) is 42.0 Å². The van der Waals surface area contributed by atoms with E-state index in [4.69, 9.17) is 9.47 Å². The molecule has 0 atom stereocenters. The summed E-state index contributed by atoms with van der Waals surface area (Å²) < 4.78 is 11.1. The molecule has 3 heteroatoms. The van der Waals surface area contributed by atoms with Crippen LogP contribution in [0.1, 0.15) is 25.3 Å². The number of rotatable bonds is 6. The van der Waals surface area contributed by atoms with Crippen molar-refractivity contribution in [1.29, 1.82) is 0 Å². The molecule has 1 fully saturated rings. The van der Waals surface area contributed by atoms with Gasteiger partial charge in [-0.3, -0.25) is 4.90 Å². The Hall–Kier alpha value is -1.32. The van der Waals surface area contributed by atoms with Gasteiger partial charge in [-0.1, -0.05) is 38.1 Å². The van der Waals surface area contributed by atoms with E-state index < -0.39 is 0 Å². The average molecular weight is 275 g/mol. The van der Waals surface area contributed by atoms with Gasteiger partial charge in [-0.2, -0.15) is 0 Å². The van der Waals surface area contributed by atoms with E-state index >= 15 is 0 Å². The SMILES string of the molecule is CC(C)c1cccc(OCC=CCN2CCOCC2)c1. The lowest BCUT2D eigenvalue weighted by Crippen LogP contribution is -2.36. The van der Waals surface area contributed by atoms with Crippen molar-refractivity contribution in [1.82, 2.24) is 4.90 Å². The smallest absolute Gasteiger partial charge is 0.120 e. The van der Waals surface area contributed by atoms with Crippen molar-refractivity contribution >= 4 is 0 Å². The fourth-order valence-corrected chi connectivity index (χ4v) is 2.18.